The van der Waals surface area contributed by atoms with Gasteiger partial charge in [-0.15, -0.1) is 0 Å². The van der Waals surface area contributed by atoms with Gasteiger partial charge in [-0.05, 0) is 36.8 Å². The van der Waals surface area contributed by atoms with Crippen LogP contribution in [0.3, 0.4) is 0 Å². The Kier molecular flexibility index (Phi) is 2.76. The van der Waals surface area contributed by atoms with E-state index in [2.05, 4.69) is 44.0 Å². The lowest BCUT2D eigenvalue weighted by atomic mass is 10.2. The van der Waals surface area contributed by atoms with Gasteiger partial charge in [0.1, 0.15) is 5.82 Å². The highest BCUT2D eigenvalue weighted by molar-refractivity contribution is 9.10. The molecule has 1 aliphatic heterocycles. The summed E-state index contributed by atoms with van der Waals surface area (Å²) in [7, 11) is 0. The van der Waals surface area contributed by atoms with Crippen LogP contribution in [0.2, 0.25) is 0 Å². The van der Waals surface area contributed by atoms with Crippen molar-refractivity contribution in [1.82, 2.24) is 4.98 Å². The van der Waals surface area contributed by atoms with E-state index in [1.807, 2.05) is 12.1 Å². The summed E-state index contributed by atoms with van der Waals surface area (Å²) in [6.07, 6.45) is 1.06. The van der Waals surface area contributed by atoms with Crippen molar-refractivity contribution in [3.63, 3.8) is 0 Å². The molecule has 0 radical (unpaired) electrons. The van der Waals surface area contributed by atoms with Gasteiger partial charge in [0.25, 0.3) is 0 Å². The molecule has 2 N–H and O–H groups in total. The standard InChI is InChI=1S/C13H14BrN3/c14-10-2-3-12-9(7-10)1-4-13(16-12)17-6-5-11(15)8-17/h1-4,7,11H,5-6,8,15H2/t11-/m0/s1. The summed E-state index contributed by atoms with van der Waals surface area (Å²) >= 11 is 3.47. The van der Waals surface area contributed by atoms with E-state index < -0.39 is 0 Å². The van der Waals surface area contributed by atoms with E-state index >= 15 is 0 Å². The zero-order chi connectivity index (χ0) is 11.8. The van der Waals surface area contributed by atoms with Gasteiger partial charge < -0.3 is 10.6 Å². The molecule has 1 aromatic carbocycles. The number of nitrogens with two attached hydrogens (primary N) is 1. The molecule has 2 aromatic rings. The zero-order valence-corrected chi connectivity index (χ0v) is 11.0. The fourth-order valence-corrected chi connectivity index (χ4v) is 2.64. The predicted molar refractivity (Wildman–Crippen MR) is 74.2 cm³/mol. The SMILES string of the molecule is N[C@H]1CCN(c2ccc3cc(Br)ccc3n2)C1. The Morgan fingerprint density at radius 3 is 2.94 bits per heavy atom. The molecule has 1 aromatic heterocycles. The summed E-state index contributed by atoms with van der Waals surface area (Å²) in [5.41, 5.74) is 6.95. The largest absolute Gasteiger partial charge is 0.355 e. The van der Waals surface area contributed by atoms with Gasteiger partial charge in [0.2, 0.25) is 0 Å². The zero-order valence-electron chi connectivity index (χ0n) is 9.44. The van der Waals surface area contributed by atoms with Crippen LogP contribution >= 0.6 is 15.9 Å². The van der Waals surface area contributed by atoms with Crippen molar-refractivity contribution in [3.05, 3.63) is 34.8 Å². The average molecular weight is 292 g/mol. The number of benzene rings is 1. The summed E-state index contributed by atoms with van der Waals surface area (Å²) in [5.74, 6) is 1.03. The van der Waals surface area contributed by atoms with Gasteiger partial charge in [-0.25, -0.2) is 4.98 Å². The molecule has 0 saturated carbocycles. The summed E-state index contributed by atoms with van der Waals surface area (Å²) in [6, 6.07) is 10.6. The molecule has 3 rings (SSSR count). The Hall–Kier alpha value is -1.13. The molecule has 88 valence electrons. The van der Waals surface area contributed by atoms with Crippen LogP contribution in [0.1, 0.15) is 6.42 Å². The average Bonchev–Trinajstić information content (AvgIpc) is 2.75. The second-order valence-electron chi connectivity index (χ2n) is 4.50. The first-order chi connectivity index (χ1) is 8.22. The molecule has 0 amide bonds. The van der Waals surface area contributed by atoms with Crippen LogP contribution < -0.4 is 10.6 Å². The Morgan fingerprint density at radius 2 is 2.18 bits per heavy atom. The molecular weight excluding hydrogens is 278 g/mol. The van der Waals surface area contributed by atoms with Crippen LogP contribution in [0.25, 0.3) is 10.9 Å². The number of aromatic nitrogens is 1. The Morgan fingerprint density at radius 1 is 1.29 bits per heavy atom. The quantitative estimate of drug-likeness (QED) is 0.878. The van der Waals surface area contributed by atoms with E-state index in [9.17, 15) is 0 Å². The van der Waals surface area contributed by atoms with Crippen molar-refractivity contribution >= 4 is 32.7 Å². The molecule has 1 saturated heterocycles. The van der Waals surface area contributed by atoms with Gasteiger partial charge >= 0.3 is 0 Å². The topological polar surface area (TPSA) is 42.1 Å². The van der Waals surface area contributed by atoms with Crippen LogP contribution in [0, 0.1) is 0 Å². The van der Waals surface area contributed by atoms with Crippen molar-refractivity contribution in [2.75, 3.05) is 18.0 Å². The molecule has 1 aliphatic rings. The molecule has 0 spiro atoms. The van der Waals surface area contributed by atoms with Crippen LogP contribution in [0.15, 0.2) is 34.8 Å². The second-order valence-corrected chi connectivity index (χ2v) is 5.42. The van der Waals surface area contributed by atoms with Gasteiger partial charge in [0.15, 0.2) is 0 Å². The smallest absolute Gasteiger partial charge is 0.129 e. The van der Waals surface area contributed by atoms with Crippen molar-refractivity contribution in [2.45, 2.75) is 12.5 Å². The van der Waals surface area contributed by atoms with Crippen molar-refractivity contribution in [1.29, 1.82) is 0 Å². The van der Waals surface area contributed by atoms with E-state index in [1.165, 1.54) is 0 Å². The van der Waals surface area contributed by atoms with E-state index in [4.69, 9.17) is 5.73 Å². The lowest BCUT2D eigenvalue weighted by Crippen LogP contribution is -2.26. The van der Waals surface area contributed by atoms with E-state index in [-0.39, 0.29) is 6.04 Å². The van der Waals surface area contributed by atoms with Gasteiger partial charge in [-0.3, -0.25) is 0 Å². The highest BCUT2D eigenvalue weighted by Crippen LogP contribution is 2.23. The Bertz CT molecular complexity index is 555. The molecule has 3 nitrogen and oxygen atoms in total. The third-order valence-corrected chi connectivity index (χ3v) is 3.68. The fraction of sp³-hybridized carbons (Fsp3) is 0.308. The number of anilines is 1. The van der Waals surface area contributed by atoms with Crippen molar-refractivity contribution < 1.29 is 0 Å². The van der Waals surface area contributed by atoms with E-state index in [0.717, 1.165) is 40.7 Å². The molecular formula is C13H14BrN3. The van der Waals surface area contributed by atoms with E-state index in [0.29, 0.717) is 0 Å². The van der Waals surface area contributed by atoms with E-state index in [1.54, 1.807) is 0 Å². The number of fused-ring (bicyclic) bond motifs is 1. The van der Waals surface area contributed by atoms with Gasteiger partial charge in [-0.1, -0.05) is 15.9 Å². The molecule has 1 fully saturated rings. The summed E-state index contributed by atoms with van der Waals surface area (Å²) in [5, 5.41) is 1.16. The summed E-state index contributed by atoms with van der Waals surface area (Å²) < 4.78 is 1.09. The molecule has 0 bridgehead atoms. The molecule has 4 heteroatoms. The highest BCUT2D eigenvalue weighted by Gasteiger charge is 2.20. The lowest BCUT2D eigenvalue weighted by Gasteiger charge is -2.17. The van der Waals surface area contributed by atoms with Crippen LogP contribution in [0.5, 0.6) is 0 Å². The minimum atomic E-state index is 0.289. The van der Waals surface area contributed by atoms with Crippen molar-refractivity contribution in [2.24, 2.45) is 5.73 Å². The predicted octanol–water partition coefficient (Wildman–Crippen LogP) is 2.53. The molecule has 17 heavy (non-hydrogen) atoms. The lowest BCUT2D eigenvalue weighted by molar-refractivity contribution is 0.751. The molecule has 0 aliphatic carbocycles. The summed E-state index contributed by atoms with van der Waals surface area (Å²) in [6.45, 7) is 1.92. The minimum Gasteiger partial charge on any atom is -0.355 e. The number of pyridine rings is 1. The first-order valence-corrected chi connectivity index (χ1v) is 6.58. The number of rotatable bonds is 1. The maximum Gasteiger partial charge on any atom is 0.129 e. The maximum atomic E-state index is 5.92. The Balaban J connectivity index is 1.99. The van der Waals surface area contributed by atoms with Crippen LogP contribution in [-0.4, -0.2) is 24.1 Å². The molecule has 1 atom stereocenters. The highest BCUT2D eigenvalue weighted by atomic mass is 79.9. The third-order valence-electron chi connectivity index (χ3n) is 3.19. The van der Waals surface area contributed by atoms with Gasteiger partial charge in [0.05, 0.1) is 5.52 Å². The molecule has 2 heterocycles. The summed E-state index contributed by atoms with van der Waals surface area (Å²) in [4.78, 5) is 6.94. The third kappa shape index (κ3) is 2.15. The second kappa shape index (κ2) is 4.27. The van der Waals surface area contributed by atoms with Crippen LogP contribution in [0.4, 0.5) is 5.82 Å². The Labute approximate surface area is 109 Å². The first kappa shape index (κ1) is 11.0. The van der Waals surface area contributed by atoms with Crippen LogP contribution in [-0.2, 0) is 0 Å². The number of hydrogen-bond acceptors (Lipinski definition) is 3. The number of hydrogen-bond donors (Lipinski definition) is 1. The first-order valence-electron chi connectivity index (χ1n) is 5.79. The number of halogens is 1. The van der Waals surface area contributed by atoms with Gasteiger partial charge in [-0.2, -0.15) is 0 Å². The molecule has 0 unspecified atom stereocenters. The number of nitrogens with zero attached hydrogens (tertiary/aromatic N) is 2. The minimum absolute atomic E-state index is 0.289. The normalized spacial score (nSPS) is 20.1. The monoisotopic (exact) mass is 291 g/mol. The maximum absolute atomic E-state index is 5.92. The van der Waals surface area contributed by atoms with Crippen molar-refractivity contribution in [3.8, 4) is 0 Å². The fourth-order valence-electron chi connectivity index (χ4n) is 2.26. The van der Waals surface area contributed by atoms with Gasteiger partial charge in [0, 0.05) is 29.0 Å².